The molecule has 0 spiro atoms. The Kier molecular flexibility index (Phi) is 5.28. The third kappa shape index (κ3) is 4.36. The first-order valence-corrected chi connectivity index (χ1v) is 8.08. The fourth-order valence-corrected chi connectivity index (χ4v) is 2.49. The molecule has 0 aliphatic heterocycles. The van der Waals surface area contributed by atoms with E-state index in [9.17, 15) is 19.7 Å². The lowest BCUT2D eigenvalue weighted by Crippen LogP contribution is -2.16. The fraction of sp³-hybridized carbons (Fsp3) is 0.0556. The number of aromatic nitrogens is 2. The Bertz CT molecular complexity index is 1120. The molecule has 0 radical (unpaired) electrons. The Balaban J connectivity index is 1.68. The molecule has 3 rings (SSSR count). The van der Waals surface area contributed by atoms with Gasteiger partial charge >= 0.3 is 5.97 Å². The number of nitrogens with zero attached hydrogens (tertiary/aromatic N) is 3. The predicted molar refractivity (Wildman–Crippen MR) is 98.4 cm³/mol. The van der Waals surface area contributed by atoms with Crippen molar-refractivity contribution in [3.05, 3.63) is 91.5 Å². The van der Waals surface area contributed by atoms with E-state index in [4.69, 9.17) is 16.3 Å². The lowest BCUT2D eigenvalue weighted by Gasteiger charge is -2.04. The molecule has 0 bridgehead atoms. The molecule has 0 aliphatic carbocycles. The molecule has 0 unspecified atom stereocenters. The molecule has 0 aliphatic rings. The molecule has 3 aromatic rings. The van der Waals surface area contributed by atoms with E-state index < -0.39 is 10.9 Å². The first kappa shape index (κ1) is 18.3. The maximum absolute atomic E-state index is 12.0. The van der Waals surface area contributed by atoms with Crippen molar-refractivity contribution in [1.82, 2.24) is 9.38 Å². The summed E-state index contributed by atoms with van der Waals surface area (Å²) in [4.78, 5) is 38.3. The third-order valence-electron chi connectivity index (χ3n) is 3.57. The van der Waals surface area contributed by atoms with Crippen LogP contribution in [0.5, 0.6) is 0 Å². The molecule has 0 amide bonds. The number of esters is 1. The van der Waals surface area contributed by atoms with Gasteiger partial charge in [0.05, 0.1) is 10.6 Å². The summed E-state index contributed by atoms with van der Waals surface area (Å²) in [5.41, 5.74) is 0.643. The van der Waals surface area contributed by atoms with Gasteiger partial charge in [-0.1, -0.05) is 23.7 Å². The molecule has 0 N–H and O–H groups in total. The molecule has 2 aromatic heterocycles. The monoisotopic (exact) mass is 385 g/mol. The van der Waals surface area contributed by atoms with Crippen molar-refractivity contribution >= 4 is 35.0 Å². The number of rotatable bonds is 5. The minimum Gasteiger partial charge on any atom is -0.456 e. The Labute approximate surface area is 157 Å². The lowest BCUT2D eigenvalue weighted by atomic mass is 10.2. The van der Waals surface area contributed by atoms with Crippen LogP contribution >= 0.6 is 11.6 Å². The standard InChI is InChI=1S/C18H12ClN3O5/c19-14-6-4-12(9-15(14)22(25)26)5-7-18(24)27-11-13-10-17(23)21-8-2-1-3-16(21)20-13/h1-10H,11H2/b7-5+. The van der Waals surface area contributed by atoms with Gasteiger partial charge in [-0.05, 0) is 29.8 Å². The zero-order chi connectivity index (χ0) is 19.4. The molecule has 0 saturated carbocycles. The van der Waals surface area contributed by atoms with Crippen molar-refractivity contribution in [3.8, 4) is 0 Å². The molecule has 0 atom stereocenters. The maximum atomic E-state index is 12.0. The second-order valence-electron chi connectivity index (χ2n) is 5.42. The number of hydrogen-bond acceptors (Lipinski definition) is 6. The van der Waals surface area contributed by atoms with Crippen molar-refractivity contribution in [3.63, 3.8) is 0 Å². The summed E-state index contributed by atoms with van der Waals surface area (Å²) in [5.74, 6) is -0.678. The van der Waals surface area contributed by atoms with Gasteiger partial charge in [-0.2, -0.15) is 0 Å². The van der Waals surface area contributed by atoms with E-state index in [0.29, 0.717) is 16.9 Å². The third-order valence-corrected chi connectivity index (χ3v) is 3.88. The van der Waals surface area contributed by atoms with E-state index >= 15 is 0 Å². The normalized spacial score (nSPS) is 11.0. The minimum absolute atomic E-state index is 0.00777. The van der Waals surface area contributed by atoms with Crippen LogP contribution < -0.4 is 5.56 Å². The predicted octanol–water partition coefficient (Wildman–Crippen LogP) is 3.01. The highest BCUT2D eigenvalue weighted by atomic mass is 35.5. The van der Waals surface area contributed by atoms with Crippen LogP contribution in [-0.4, -0.2) is 20.3 Å². The molecule has 0 saturated heterocycles. The molecule has 1 aromatic carbocycles. The van der Waals surface area contributed by atoms with E-state index in [0.717, 1.165) is 6.08 Å². The number of nitro groups is 1. The topological polar surface area (TPSA) is 104 Å². The van der Waals surface area contributed by atoms with E-state index in [-0.39, 0.29) is 22.9 Å². The minimum atomic E-state index is -0.678. The molecule has 0 fully saturated rings. The van der Waals surface area contributed by atoms with Crippen LogP contribution in [0.2, 0.25) is 5.02 Å². The summed E-state index contributed by atoms with van der Waals surface area (Å²) in [7, 11) is 0. The zero-order valence-corrected chi connectivity index (χ0v) is 14.5. The number of pyridine rings is 1. The fourth-order valence-electron chi connectivity index (χ4n) is 2.31. The number of ether oxygens (including phenoxy) is 1. The summed E-state index contributed by atoms with van der Waals surface area (Å²) >= 11 is 5.73. The van der Waals surface area contributed by atoms with Gasteiger partial charge in [0.1, 0.15) is 17.3 Å². The summed E-state index contributed by atoms with van der Waals surface area (Å²) in [6.45, 7) is -0.176. The molecule has 8 nitrogen and oxygen atoms in total. The van der Waals surface area contributed by atoms with E-state index in [1.807, 2.05) is 0 Å². The van der Waals surface area contributed by atoms with Crippen molar-refractivity contribution in [2.24, 2.45) is 0 Å². The van der Waals surface area contributed by atoms with E-state index in [1.165, 1.54) is 34.7 Å². The number of hydrogen-bond donors (Lipinski definition) is 0. The number of nitro benzene ring substituents is 1. The number of carbonyl (C=O) groups excluding carboxylic acids is 1. The van der Waals surface area contributed by atoms with Crippen molar-refractivity contribution in [2.45, 2.75) is 6.61 Å². The Morgan fingerprint density at radius 1 is 1.30 bits per heavy atom. The Morgan fingerprint density at radius 3 is 2.89 bits per heavy atom. The first-order chi connectivity index (χ1) is 12.9. The Morgan fingerprint density at radius 2 is 2.11 bits per heavy atom. The second-order valence-corrected chi connectivity index (χ2v) is 5.83. The molecule has 9 heteroatoms. The van der Waals surface area contributed by atoms with Gasteiger partial charge in [0, 0.05) is 24.4 Å². The first-order valence-electron chi connectivity index (χ1n) is 7.70. The van der Waals surface area contributed by atoms with Gasteiger partial charge < -0.3 is 4.74 Å². The molecule has 136 valence electrons. The van der Waals surface area contributed by atoms with Gasteiger partial charge in [0.15, 0.2) is 0 Å². The highest BCUT2D eigenvalue weighted by Crippen LogP contribution is 2.25. The number of carbonyl (C=O) groups is 1. The largest absolute Gasteiger partial charge is 0.456 e. The molecule has 2 heterocycles. The van der Waals surface area contributed by atoms with Crippen LogP contribution in [0.25, 0.3) is 11.7 Å². The van der Waals surface area contributed by atoms with E-state index in [1.54, 1.807) is 24.4 Å². The number of benzene rings is 1. The smallest absolute Gasteiger partial charge is 0.331 e. The number of fused-ring (bicyclic) bond motifs is 1. The van der Waals surface area contributed by atoms with Crippen LogP contribution in [0, 0.1) is 10.1 Å². The number of halogens is 1. The summed E-state index contributed by atoms with van der Waals surface area (Å²) in [6.07, 6.45) is 4.09. The molecular weight excluding hydrogens is 374 g/mol. The highest BCUT2D eigenvalue weighted by Gasteiger charge is 2.12. The van der Waals surface area contributed by atoms with Crippen molar-refractivity contribution in [1.29, 1.82) is 0 Å². The van der Waals surface area contributed by atoms with Gasteiger partial charge in [-0.15, -0.1) is 0 Å². The maximum Gasteiger partial charge on any atom is 0.331 e. The van der Waals surface area contributed by atoms with Crippen LogP contribution in [0.3, 0.4) is 0 Å². The second kappa shape index (κ2) is 7.79. The van der Waals surface area contributed by atoms with E-state index in [2.05, 4.69) is 4.98 Å². The van der Waals surface area contributed by atoms with Gasteiger partial charge in [0.25, 0.3) is 11.2 Å². The van der Waals surface area contributed by atoms with Gasteiger partial charge in [-0.3, -0.25) is 19.3 Å². The molecular formula is C18H12ClN3O5. The van der Waals surface area contributed by atoms with Crippen LogP contribution in [-0.2, 0) is 16.1 Å². The van der Waals surface area contributed by atoms with Crippen LogP contribution in [0.4, 0.5) is 5.69 Å². The summed E-state index contributed by atoms with van der Waals surface area (Å²) in [5, 5.41) is 10.9. The quantitative estimate of drug-likeness (QED) is 0.289. The SMILES string of the molecule is O=C(/C=C/c1ccc(Cl)c([N+](=O)[O-])c1)OCc1cc(=O)n2ccccc2n1. The average Bonchev–Trinajstić information content (AvgIpc) is 2.65. The van der Waals surface area contributed by atoms with Gasteiger partial charge in [-0.25, -0.2) is 9.78 Å². The van der Waals surface area contributed by atoms with Crippen molar-refractivity contribution in [2.75, 3.05) is 0 Å². The Hall–Kier alpha value is -3.52. The summed E-state index contributed by atoms with van der Waals surface area (Å²) < 4.78 is 6.43. The highest BCUT2D eigenvalue weighted by molar-refractivity contribution is 6.32. The van der Waals surface area contributed by atoms with Crippen LogP contribution in [0.15, 0.2) is 59.5 Å². The lowest BCUT2D eigenvalue weighted by molar-refractivity contribution is -0.384. The zero-order valence-electron chi connectivity index (χ0n) is 13.7. The summed E-state index contributed by atoms with van der Waals surface area (Å²) in [6, 6.07) is 10.6. The van der Waals surface area contributed by atoms with Gasteiger partial charge in [0.2, 0.25) is 0 Å². The van der Waals surface area contributed by atoms with Crippen molar-refractivity contribution < 1.29 is 14.5 Å². The molecule has 27 heavy (non-hydrogen) atoms. The average molecular weight is 386 g/mol. The van der Waals surface area contributed by atoms with Crippen LogP contribution in [0.1, 0.15) is 11.3 Å².